The third-order valence-corrected chi connectivity index (χ3v) is 4.49. The normalized spacial score (nSPS) is 28.6. The molecule has 1 heterocycles. The third-order valence-electron chi connectivity index (χ3n) is 4.49. The summed E-state index contributed by atoms with van der Waals surface area (Å²) < 4.78 is 15.7. The number of esters is 3. The highest BCUT2D eigenvalue weighted by atomic mass is 16.6. The van der Waals surface area contributed by atoms with Gasteiger partial charge in [-0.05, 0) is 42.6 Å². The number of aliphatic hydroxyl groups excluding tert-OH is 1. The zero-order chi connectivity index (χ0) is 19.4. The largest absolute Gasteiger partial charge is 0.461 e. The molecule has 0 spiro atoms. The van der Waals surface area contributed by atoms with E-state index in [1.165, 1.54) is 13.8 Å². The van der Waals surface area contributed by atoms with E-state index in [9.17, 15) is 19.5 Å². The molecule has 1 N–H and O–H groups in total. The predicted octanol–water partition coefficient (Wildman–Crippen LogP) is 1.75. The number of carbonyl (C=O) groups excluding carboxylic acids is 3. The maximum atomic E-state index is 12.2. The molecule has 2 aliphatic rings. The fraction of sp³-hybridized carbons (Fsp3) is 0.526. The molecule has 3 atom stereocenters. The molecule has 0 aromatic heterocycles. The Labute approximate surface area is 152 Å². The van der Waals surface area contributed by atoms with Gasteiger partial charge in [-0.3, -0.25) is 9.59 Å². The van der Waals surface area contributed by atoms with Crippen molar-refractivity contribution in [3.63, 3.8) is 0 Å². The highest BCUT2D eigenvalue weighted by Gasteiger charge is 2.35. The Morgan fingerprint density at radius 2 is 2.00 bits per heavy atom. The van der Waals surface area contributed by atoms with Crippen molar-refractivity contribution >= 4 is 17.9 Å². The molecule has 1 aliphatic carbocycles. The molecule has 0 amide bonds. The zero-order valence-electron chi connectivity index (χ0n) is 15.2. The van der Waals surface area contributed by atoms with Crippen molar-refractivity contribution in [3.8, 4) is 0 Å². The van der Waals surface area contributed by atoms with Crippen LogP contribution in [0.15, 0.2) is 34.9 Å². The van der Waals surface area contributed by atoms with Crippen LogP contribution in [0.4, 0.5) is 0 Å². The Hall–Kier alpha value is -2.41. The predicted molar refractivity (Wildman–Crippen MR) is 91.8 cm³/mol. The molecule has 0 saturated carbocycles. The monoisotopic (exact) mass is 364 g/mol. The van der Waals surface area contributed by atoms with E-state index < -0.39 is 36.2 Å². The SMILES string of the molecule is C=C1CCC2=C(COC(C)=O)C(=O)O[C@@H]2/C=C(/C)[C@H](OC(C)=O)C[C@H]1O. The molecule has 2 rings (SSSR count). The van der Waals surface area contributed by atoms with Gasteiger partial charge in [-0.2, -0.15) is 0 Å². The van der Waals surface area contributed by atoms with Crippen molar-refractivity contribution in [3.05, 3.63) is 34.9 Å². The van der Waals surface area contributed by atoms with E-state index in [0.717, 1.165) is 0 Å². The smallest absolute Gasteiger partial charge is 0.338 e. The quantitative estimate of drug-likeness (QED) is 0.463. The summed E-state index contributed by atoms with van der Waals surface area (Å²) in [4.78, 5) is 34.7. The van der Waals surface area contributed by atoms with Crippen LogP contribution < -0.4 is 0 Å². The van der Waals surface area contributed by atoms with Gasteiger partial charge in [0, 0.05) is 20.3 Å². The lowest BCUT2D eigenvalue weighted by molar-refractivity contribution is -0.146. The first-order valence-corrected chi connectivity index (χ1v) is 8.46. The summed E-state index contributed by atoms with van der Waals surface area (Å²) in [7, 11) is 0. The van der Waals surface area contributed by atoms with E-state index in [-0.39, 0.29) is 13.0 Å². The molecule has 7 heteroatoms. The number of hydrogen-bond acceptors (Lipinski definition) is 7. The average Bonchev–Trinajstić information content (AvgIpc) is 2.83. The lowest BCUT2D eigenvalue weighted by Crippen LogP contribution is -2.27. The Balaban J connectivity index is 2.39. The lowest BCUT2D eigenvalue weighted by atomic mass is 9.90. The van der Waals surface area contributed by atoms with Gasteiger partial charge in [0.25, 0.3) is 0 Å². The van der Waals surface area contributed by atoms with Gasteiger partial charge in [0.2, 0.25) is 0 Å². The van der Waals surface area contributed by atoms with Gasteiger partial charge >= 0.3 is 17.9 Å². The number of hydrogen-bond donors (Lipinski definition) is 1. The maximum absolute atomic E-state index is 12.2. The maximum Gasteiger partial charge on any atom is 0.338 e. The minimum atomic E-state index is -0.838. The van der Waals surface area contributed by atoms with Crippen LogP contribution in [-0.2, 0) is 28.6 Å². The molecule has 1 aliphatic heterocycles. The van der Waals surface area contributed by atoms with E-state index in [1.807, 2.05) is 0 Å². The first kappa shape index (κ1) is 19.9. The standard InChI is InChI=1S/C19H24O7/c1-10-5-6-14-15(9-24-12(3)20)19(23)26-18(14)7-11(2)17(8-16(10)22)25-13(4)21/h7,16-18,22H,1,5-6,8-9H2,2-4H3/b11-7-/t16-,17-,18-/m1/s1. The number of aliphatic hydroxyl groups is 1. The van der Waals surface area contributed by atoms with E-state index in [0.29, 0.717) is 35.1 Å². The second-order valence-electron chi connectivity index (χ2n) is 6.53. The fourth-order valence-corrected chi connectivity index (χ4v) is 3.02. The Morgan fingerprint density at radius 3 is 2.62 bits per heavy atom. The van der Waals surface area contributed by atoms with Crippen LogP contribution >= 0.6 is 0 Å². The van der Waals surface area contributed by atoms with Crippen LogP contribution in [-0.4, -0.2) is 47.9 Å². The van der Waals surface area contributed by atoms with E-state index >= 15 is 0 Å². The minimum Gasteiger partial charge on any atom is -0.461 e. The van der Waals surface area contributed by atoms with Crippen molar-refractivity contribution in [1.29, 1.82) is 0 Å². The summed E-state index contributed by atoms with van der Waals surface area (Å²) in [5.74, 6) is -1.49. The first-order valence-electron chi connectivity index (χ1n) is 8.46. The van der Waals surface area contributed by atoms with Gasteiger partial charge in [-0.1, -0.05) is 6.58 Å². The van der Waals surface area contributed by atoms with Gasteiger partial charge in [-0.25, -0.2) is 4.79 Å². The summed E-state index contributed by atoms with van der Waals surface area (Å²) in [6.45, 7) is 8.05. The molecule has 0 aromatic rings. The first-order chi connectivity index (χ1) is 12.2. The molecule has 0 aromatic carbocycles. The zero-order valence-corrected chi connectivity index (χ0v) is 15.2. The van der Waals surface area contributed by atoms with Crippen LogP contribution in [0.5, 0.6) is 0 Å². The number of rotatable bonds is 3. The van der Waals surface area contributed by atoms with E-state index in [2.05, 4.69) is 6.58 Å². The molecule has 0 bridgehead atoms. The minimum absolute atomic E-state index is 0.157. The summed E-state index contributed by atoms with van der Waals surface area (Å²) in [6.07, 6.45) is 0.694. The molecule has 0 unspecified atom stereocenters. The summed E-state index contributed by atoms with van der Waals surface area (Å²) >= 11 is 0. The summed E-state index contributed by atoms with van der Waals surface area (Å²) in [6, 6.07) is 0. The molecule has 0 saturated heterocycles. The summed E-state index contributed by atoms with van der Waals surface area (Å²) in [5.41, 5.74) is 2.24. The number of carbonyl (C=O) groups is 3. The molecule has 0 radical (unpaired) electrons. The Bertz CT molecular complexity index is 686. The number of ether oxygens (including phenoxy) is 3. The lowest BCUT2D eigenvalue weighted by Gasteiger charge is -2.25. The van der Waals surface area contributed by atoms with Crippen molar-refractivity contribution < 1.29 is 33.7 Å². The Kier molecular flexibility index (Phi) is 6.37. The molecule has 142 valence electrons. The van der Waals surface area contributed by atoms with E-state index in [1.54, 1.807) is 13.0 Å². The van der Waals surface area contributed by atoms with Gasteiger partial charge in [-0.15, -0.1) is 0 Å². The van der Waals surface area contributed by atoms with Crippen LogP contribution in [0, 0.1) is 0 Å². The van der Waals surface area contributed by atoms with Crippen molar-refractivity contribution in [2.24, 2.45) is 0 Å². The van der Waals surface area contributed by atoms with Gasteiger partial charge in [0.15, 0.2) is 0 Å². The van der Waals surface area contributed by atoms with Crippen LogP contribution in [0.25, 0.3) is 0 Å². The highest BCUT2D eigenvalue weighted by Crippen LogP contribution is 2.33. The topological polar surface area (TPSA) is 99.1 Å². The van der Waals surface area contributed by atoms with Crippen molar-refractivity contribution in [1.82, 2.24) is 0 Å². The second-order valence-corrected chi connectivity index (χ2v) is 6.53. The van der Waals surface area contributed by atoms with Gasteiger partial charge in [0.1, 0.15) is 18.8 Å². The second kappa shape index (κ2) is 8.31. The van der Waals surface area contributed by atoms with Crippen LogP contribution in [0.2, 0.25) is 0 Å². The van der Waals surface area contributed by atoms with Gasteiger partial charge < -0.3 is 19.3 Å². The van der Waals surface area contributed by atoms with Gasteiger partial charge in [0.05, 0.1) is 11.7 Å². The van der Waals surface area contributed by atoms with Crippen LogP contribution in [0.3, 0.4) is 0 Å². The van der Waals surface area contributed by atoms with E-state index in [4.69, 9.17) is 14.2 Å². The molecule has 7 nitrogen and oxygen atoms in total. The molecule has 26 heavy (non-hydrogen) atoms. The highest BCUT2D eigenvalue weighted by molar-refractivity contribution is 5.93. The summed E-state index contributed by atoms with van der Waals surface area (Å²) in [5, 5.41) is 10.3. The fourth-order valence-electron chi connectivity index (χ4n) is 3.02. The Morgan fingerprint density at radius 1 is 1.31 bits per heavy atom. The molecular formula is C19H24O7. The van der Waals surface area contributed by atoms with Crippen molar-refractivity contribution in [2.45, 2.75) is 58.3 Å². The number of fused-ring (bicyclic) bond motifs is 1. The third kappa shape index (κ3) is 4.82. The average molecular weight is 364 g/mol. The molecule has 0 fully saturated rings. The molecular weight excluding hydrogens is 340 g/mol. The van der Waals surface area contributed by atoms with Crippen LogP contribution in [0.1, 0.15) is 40.0 Å². The van der Waals surface area contributed by atoms with Crippen molar-refractivity contribution in [2.75, 3.05) is 6.61 Å².